The van der Waals surface area contributed by atoms with E-state index in [1.54, 1.807) is 6.92 Å². The molecule has 11 heteroatoms. The van der Waals surface area contributed by atoms with E-state index < -0.39 is 40.5 Å². The lowest BCUT2D eigenvalue weighted by atomic mass is 10.0. The smallest absolute Gasteiger partial charge is 0.277 e. The minimum absolute atomic E-state index is 0.215. The van der Waals surface area contributed by atoms with Crippen LogP contribution in [0, 0.1) is 25.5 Å². The van der Waals surface area contributed by atoms with E-state index in [1.807, 2.05) is 0 Å². The van der Waals surface area contributed by atoms with Gasteiger partial charge in [0.25, 0.3) is 5.56 Å². The van der Waals surface area contributed by atoms with E-state index in [1.165, 1.54) is 41.6 Å². The van der Waals surface area contributed by atoms with E-state index in [-0.39, 0.29) is 22.8 Å². The molecule has 0 bridgehead atoms. The Hall–Kier alpha value is -4.67. The second-order valence-electron chi connectivity index (χ2n) is 9.47. The molecule has 5 rings (SSSR count). The number of rotatable bonds is 6. The average Bonchev–Trinajstić information content (AvgIpc) is 2.96. The minimum atomic E-state index is -1.72. The molecule has 0 spiro atoms. The maximum absolute atomic E-state index is 13.8. The van der Waals surface area contributed by atoms with Crippen molar-refractivity contribution in [3.8, 4) is 11.4 Å². The average molecular weight is 594 g/mol. The van der Waals surface area contributed by atoms with Gasteiger partial charge in [0.1, 0.15) is 34.9 Å². The molecule has 0 aliphatic carbocycles. The highest BCUT2D eigenvalue weighted by molar-refractivity contribution is 6.31. The van der Waals surface area contributed by atoms with Crippen LogP contribution in [0.5, 0.6) is 5.75 Å². The van der Waals surface area contributed by atoms with E-state index in [0.717, 1.165) is 10.8 Å². The van der Waals surface area contributed by atoms with Crippen molar-refractivity contribution in [2.45, 2.75) is 33.4 Å². The zero-order valence-corrected chi connectivity index (χ0v) is 23.7. The molecule has 1 unspecified atom stereocenters. The predicted octanol–water partition coefficient (Wildman–Crippen LogP) is 4.26. The molecule has 0 aliphatic rings. The van der Waals surface area contributed by atoms with Gasteiger partial charge in [-0.05, 0) is 43.2 Å². The number of quaternary nitrogens is 1. The molecule has 0 amide bonds. The van der Waals surface area contributed by atoms with Crippen LogP contribution in [0.2, 0.25) is 5.02 Å². The second-order valence-corrected chi connectivity index (χ2v) is 9.85. The van der Waals surface area contributed by atoms with Crippen LogP contribution in [0.25, 0.3) is 16.5 Å². The SMILES string of the molecule is C[C@H]([NH3+])c1cccc2ccccc12.[2H]C(Oc1cc(C)n(-c2cc(C(=O)[O-])ncc2C)c(=O)c1Cl)c1ncc(F)cc1F. The number of pyridine rings is 3. The molecule has 0 fully saturated rings. The van der Waals surface area contributed by atoms with Gasteiger partial charge in [0, 0.05) is 29.6 Å². The highest BCUT2D eigenvalue weighted by Crippen LogP contribution is 2.26. The molecule has 5 aromatic rings. The monoisotopic (exact) mass is 593 g/mol. The fourth-order valence-corrected chi connectivity index (χ4v) is 4.43. The molecule has 0 saturated carbocycles. The summed E-state index contributed by atoms with van der Waals surface area (Å²) in [6.45, 7) is 3.56. The normalized spacial score (nSPS) is 12.6. The Balaban J connectivity index is 0.000000269. The molecule has 42 heavy (non-hydrogen) atoms. The van der Waals surface area contributed by atoms with Gasteiger partial charge >= 0.3 is 0 Å². The molecular formula is C31H27ClF2N4O4. The second kappa shape index (κ2) is 12.9. The number of fused-ring (bicyclic) bond motifs is 1. The third-order valence-electron chi connectivity index (χ3n) is 6.31. The van der Waals surface area contributed by atoms with Crippen molar-refractivity contribution in [3.63, 3.8) is 0 Å². The summed E-state index contributed by atoms with van der Waals surface area (Å²) in [6.07, 6.45) is 2.00. The van der Waals surface area contributed by atoms with Crippen LogP contribution in [0.1, 0.15) is 47.3 Å². The lowest BCUT2D eigenvalue weighted by Gasteiger charge is -2.17. The zero-order chi connectivity index (χ0) is 31.4. The summed E-state index contributed by atoms with van der Waals surface area (Å²) in [7, 11) is 0. The van der Waals surface area contributed by atoms with Gasteiger partial charge in [0.05, 0.1) is 24.9 Å². The summed E-state index contributed by atoms with van der Waals surface area (Å²) in [5.41, 5.74) is 4.77. The Morgan fingerprint density at radius 1 is 1.12 bits per heavy atom. The number of hydrogen-bond donors (Lipinski definition) is 1. The number of carbonyl (C=O) groups excluding carboxylic acids is 1. The van der Waals surface area contributed by atoms with Gasteiger partial charge < -0.3 is 20.4 Å². The quantitative estimate of drug-likeness (QED) is 0.314. The van der Waals surface area contributed by atoms with Gasteiger partial charge in [-0.2, -0.15) is 0 Å². The van der Waals surface area contributed by atoms with E-state index in [0.29, 0.717) is 17.7 Å². The lowest BCUT2D eigenvalue weighted by Crippen LogP contribution is -2.51. The highest BCUT2D eigenvalue weighted by atomic mass is 35.5. The van der Waals surface area contributed by atoms with Gasteiger partial charge in [-0.15, -0.1) is 0 Å². The lowest BCUT2D eigenvalue weighted by molar-refractivity contribution is -0.420. The standard InChI is InChI=1S/C19H14ClF2N3O4.C12H13N/c1-9-6-23-13(19(27)28)5-15(9)25-10(2)3-16(17(20)18(25)26)29-8-14-12(22)4-11(21)7-24-14;1-9(13)11-8-4-6-10-5-2-3-7-12(10)11/h3-7H,8H2,1-2H3,(H,27,28);2-9H,13H2,1H3/t;9-/m.0/s1/i8D;. The summed E-state index contributed by atoms with van der Waals surface area (Å²) in [5.74, 6) is -3.73. The number of aromatic carboxylic acids is 1. The number of halogens is 3. The Labute approximate surface area is 246 Å². The third kappa shape index (κ3) is 6.62. The summed E-state index contributed by atoms with van der Waals surface area (Å²) in [5, 5.41) is 13.3. The molecule has 3 heterocycles. The Morgan fingerprint density at radius 3 is 2.52 bits per heavy atom. The summed E-state index contributed by atoms with van der Waals surface area (Å²) in [6, 6.07) is 18.2. The van der Waals surface area contributed by atoms with Gasteiger partial charge in [0.2, 0.25) is 0 Å². The fraction of sp³-hybridized carbons (Fsp3) is 0.161. The van der Waals surface area contributed by atoms with Crippen molar-refractivity contribution in [2.24, 2.45) is 0 Å². The molecular weight excluding hydrogens is 566 g/mol. The first-order valence-corrected chi connectivity index (χ1v) is 13.1. The Kier molecular flexibility index (Phi) is 8.85. The number of aromatic nitrogens is 3. The van der Waals surface area contributed by atoms with Crippen molar-refractivity contribution in [1.82, 2.24) is 14.5 Å². The van der Waals surface area contributed by atoms with Crippen LogP contribution in [0.15, 0.2) is 77.9 Å². The van der Waals surface area contributed by atoms with Crippen molar-refractivity contribution in [3.05, 3.63) is 128 Å². The topological polar surface area (TPSA) is 125 Å². The molecule has 8 nitrogen and oxygen atoms in total. The van der Waals surface area contributed by atoms with Gasteiger partial charge in [-0.25, -0.2) is 8.78 Å². The maximum Gasteiger partial charge on any atom is 0.277 e. The van der Waals surface area contributed by atoms with Crippen molar-refractivity contribution >= 4 is 28.3 Å². The number of carboxylic acid groups (broad SMARTS) is 1. The largest absolute Gasteiger partial charge is 0.543 e. The zero-order valence-electron chi connectivity index (χ0n) is 23.9. The number of carbonyl (C=O) groups is 1. The number of hydrogen-bond acceptors (Lipinski definition) is 6. The van der Waals surface area contributed by atoms with E-state index >= 15 is 0 Å². The van der Waals surface area contributed by atoms with Crippen LogP contribution in [-0.4, -0.2) is 20.5 Å². The van der Waals surface area contributed by atoms with Crippen LogP contribution in [-0.2, 0) is 6.58 Å². The number of benzene rings is 2. The molecule has 0 saturated heterocycles. The first-order valence-electron chi connectivity index (χ1n) is 13.3. The first-order chi connectivity index (χ1) is 20.4. The summed E-state index contributed by atoms with van der Waals surface area (Å²) >= 11 is 6.11. The highest BCUT2D eigenvalue weighted by Gasteiger charge is 2.17. The Bertz CT molecular complexity index is 1880. The number of aryl methyl sites for hydroxylation is 2. The van der Waals surface area contributed by atoms with Crippen LogP contribution >= 0.6 is 11.6 Å². The van der Waals surface area contributed by atoms with Crippen LogP contribution in [0.3, 0.4) is 0 Å². The number of ether oxygens (including phenoxy) is 1. The van der Waals surface area contributed by atoms with Crippen LogP contribution < -0.4 is 21.1 Å². The maximum atomic E-state index is 13.8. The van der Waals surface area contributed by atoms with Crippen molar-refractivity contribution < 1.29 is 30.5 Å². The number of carboxylic acids is 1. The van der Waals surface area contributed by atoms with E-state index in [2.05, 4.69) is 65.1 Å². The van der Waals surface area contributed by atoms with Gasteiger partial charge in [-0.1, -0.05) is 54.1 Å². The fourth-order valence-electron chi connectivity index (χ4n) is 4.24. The Morgan fingerprint density at radius 2 is 1.83 bits per heavy atom. The van der Waals surface area contributed by atoms with Gasteiger partial charge in [-0.3, -0.25) is 19.3 Å². The molecule has 3 aromatic heterocycles. The summed E-state index contributed by atoms with van der Waals surface area (Å²) in [4.78, 5) is 31.2. The molecule has 0 aliphatic heterocycles. The van der Waals surface area contributed by atoms with E-state index in [9.17, 15) is 23.5 Å². The first kappa shape index (κ1) is 28.8. The summed E-state index contributed by atoms with van der Waals surface area (Å²) < 4.78 is 41.2. The minimum Gasteiger partial charge on any atom is -0.543 e. The van der Waals surface area contributed by atoms with Crippen LogP contribution in [0.4, 0.5) is 8.78 Å². The third-order valence-corrected chi connectivity index (χ3v) is 6.66. The van der Waals surface area contributed by atoms with Crippen molar-refractivity contribution in [2.75, 3.05) is 0 Å². The molecule has 2 atom stereocenters. The van der Waals surface area contributed by atoms with Gasteiger partial charge in [0.15, 0.2) is 5.82 Å². The predicted molar refractivity (Wildman–Crippen MR) is 152 cm³/mol. The van der Waals surface area contributed by atoms with E-state index in [4.69, 9.17) is 17.7 Å². The molecule has 3 N–H and O–H groups in total. The molecule has 216 valence electrons. The number of nitrogens with zero attached hydrogens (tertiary/aromatic N) is 3. The van der Waals surface area contributed by atoms with Crippen molar-refractivity contribution in [1.29, 1.82) is 0 Å². The molecule has 2 aromatic carbocycles. The molecule has 0 radical (unpaired) electrons.